The van der Waals surface area contributed by atoms with E-state index in [-0.39, 0.29) is 18.4 Å². The largest absolute Gasteiger partial charge is 0.462 e. The predicted molar refractivity (Wildman–Crippen MR) is 188 cm³/mol. The van der Waals surface area contributed by atoms with E-state index < -0.39 is 0 Å². The first kappa shape index (κ1) is 31.4. The highest BCUT2D eigenvalue weighted by Gasteiger charge is 2.35. The van der Waals surface area contributed by atoms with E-state index in [0.29, 0.717) is 50.4 Å². The van der Waals surface area contributed by atoms with Gasteiger partial charge in [-0.05, 0) is 72.8 Å². The van der Waals surface area contributed by atoms with Gasteiger partial charge in [-0.1, -0.05) is 42.4 Å². The molecule has 242 valence electrons. The molecule has 3 aliphatic rings. The number of aromatic nitrogens is 2. The van der Waals surface area contributed by atoms with Crippen molar-refractivity contribution in [3.8, 4) is 12.1 Å². The number of halogens is 1. The lowest BCUT2D eigenvalue weighted by atomic mass is 10.0. The summed E-state index contributed by atoms with van der Waals surface area (Å²) < 4.78 is 6.34. The van der Waals surface area contributed by atoms with Crippen molar-refractivity contribution in [3.63, 3.8) is 0 Å². The maximum absolute atomic E-state index is 13.6. The number of likely N-dealkylation sites (tertiary alicyclic amines) is 1. The quantitative estimate of drug-likeness (QED) is 0.211. The minimum Gasteiger partial charge on any atom is -0.462 e. The van der Waals surface area contributed by atoms with Gasteiger partial charge >= 0.3 is 6.01 Å². The van der Waals surface area contributed by atoms with Crippen molar-refractivity contribution >= 4 is 56.7 Å². The number of fused-ring (bicyclic) bond motifs is 2. The van der Waals surface area contributed by atoms with Crippen LogP contribution in [0.4, 0.5) is 11.5 Å². The molecule has 1 amide bonds. The van der Waals surface area contributed by atoms with Crippen molar-refractivity contribution in [2.24, 2.45) is 0 Å². The Kier molecular flexibility index (Phi) is 9.04. The zero-order valence-electron chi connectivity index (χ0n) is 26.6. The van der Waals surface area contributed by atoms with Crippen LogP contribution in [0.15, 0.2) is 59.8 Å². The van der Waals surface area contributed by atoms with Gasteiger partial charge in [-0.15, -0.1) is 0 Å². The highest BCUT2D eigenvalue weighted by molar-refractivity contribution is 7.08. The highest BCUT2D eigenvalue weighted by atomic mass is 35.5. The number of likely N-dealkylation sites (N-methyl/N-ethyl adjacent to an activating group) is 1. The molecule has 0 saturated carbocycles. The Balaban J connectivity index is 1.20. The molecule has 2 aromatic heterocycles. The van der Waals surface area contributed by atoms with Crippen molar-refractivity contribution in [3.05, 3.63) is 81.6 Å². The second-order valence-electron chi connectivity index (χ2n) is 12.6. The molecule has 11 heteroatoms. The summed E-state index contributed by atoms with van der Waals surface area (Å²) in [4.78, 5) is 32.3. The molecule has 4 aromatic rings. The van der Waals surface area contributed by atoms with Crippen LogP contribution in [0.25, 0.3) is 16.3 Å². The average molecular weight is 668 g/mol. The molecule has 47 heavy (non-hydrogen) atoms. The third-order valence-electron chi connectivity index (χ3n) is 9.77. The van der Waals surface area contributed by atoms with Crippen molar-refractivity contribution < 1.29 is 9.53 Å². The molecule has 2 saturated heterocycles. The number of hydrogen-bond donors (Lipinski definition) is 0. The molecule has 2 aromatic carbocycles. The summed E-state index contributed by atoms with van der Waals surface area (Å²) in [6.07, 6.45) is 3.21. The van der Waals surface area contributed by atoms with E-state index in [0.717, 1.165) is 76.5 Å². The van der Waals surface area contributed by atoms with Crippen LogP contribution in [0.1, 0.15) is 36.1 Å². The number of nitriles is 1. The number of rotatable bonds is 8. The zero-order valence-corrected chi connectivity index (χ0v) is 28.1. The number of nitrogens with zero attached hydrogens (tertiary/aromatic N) is 7. The van der Waals surface area contributed by atoms with Gasteiger partial charge in [0, 0.05) is 54.4 Å². The fraction of sp³-hybridized carbons (Fsp3) is 0.389. The van der Waals surface area contributed by atoms with Crippen LogP contribution in [-0.2, 0) is 17.8 Å². The summed E-state index contributed by atoms with van der Waals surface area (Å²) in [6, 6.07) is 16.9. The Morgan fingerprint density at radius 1 is 1.11 bits per heavy atom. The summed E-state index contributed by atoms with van der Waals surface area (Å²) in [6.45, 7) is 8.61. The number of ether oxygens (including phenoxy) is 1. The van der Waals surface area contributed by atoms with Gasteiger partial charge < -0.3 is 24.3 Å². The summed E-state index contributed by atoms with van der Waals surface area (Å²) in [5, 5.41) is 16.5. The Hall–Kier alpha value is -4.17. The van der Waals surface area contributed by atoms with E-state index in [9.17, 15) is 10.1 Å². The molecule has 2 fully saturated rings. The third kappa shape index (κ3) is 6.28. The van der Waals surface area contributed by atoms with Crippen LogP contribution in [0.5, 0.6) is 6.01 Å². The molecule has 9 nitrogen and oxygen atoms in total. The van der Waals surface area contributed by atoms with Crippen molar-refractivity contribution in [2.45, 2.75) is 44.3 Å². The number of carbonyl (C=O) groups is 1. The minimum atomic E-state index is -0.295. The van der Waals surface area contributed by atoms with Gasteiger partial charge in [0.05, 0.1) is 35.8 Å². The van der Waals surface area contributed by atoms with Crippen LogP contribution in [0.3, 0.4) is 0 Å². The van der Waals surface area contributed by atoms with Gasteiger partial charge in [-0.2, -0.15) is 26.6 Å². The lowest BCUT2D eigenvalue weighted by Gasteiger charge is -2.42. The maximum atomic E-state index is 13.6. The van der Waals surface area contributed by atoms with Gasteiger partial charge in [0.15, 0.2) is 0 Å². The number of amides is 1. The smallest absolute Gasteiger partial charge is 0.318 e. The molecule has 0 radical (unpaired) electrons. The van der Waals surface area contributed by atoms with Crippen LogP contribution in [0.2, 0.25) is 5.02 Å². The number of anilines is 2. The SMILES string of the molecule is C=C(C(=O)N1CCN(c2nc(OC[C@@H]3CCCN3C)nc3c2CCN(c2cccc4cccc(Cl)c24)C3)C[C@@H]1CC#N)c1ccsc1. The van der Waals surface area contributed by atoms with Gasteiger partial charge in [0.1, 0.15) is 12.4 Å². The van der Waals surface area contributed by atoms with Gasteiger partial charge in [-0.3, -0.25) is 4.79 Å². The molecule has 0 unspecified atom stereocenters. The van der Waals surface area contributed by atoms with E-state index in [1.165, 1.54) is 11.3 Å². The lowest BCUT2D eigenvalue weighted by Crippen LogP contribution is -2.55. The molecule has 0 aliphatic carbocycles. The Morgan fingerprint density at radius 2 is 1.96 bits per heavy atom. The molecule has 2 atom stereocenters. The first-order valence-electron chi connectivity index (χ1n) is 16.2. The third-order valence-corrected chi connectivity index (χ3v) is 10.8. The molecule has 0 spiro atoms. The predicted octanol–water partition coefficient (Wildman–Crippen LogP) is 6.02. The molecule has 0 bridgehead atoms. The zero-order chi connectivity index (χ0) is 32.5. The van der Waals surface area contributed by atoms with Gasteiger partial charge in [0.2, 0.25) is 0 Å². The monoisotopic (exact) mass is 667 g/mol. The fourth-order valence-corrected chi connectivity index (χ4v) is 8.10. The lowest BCUT2D eigenvalue weighted by molar-refractivity contribution is -0.127. The molecular formula is C36H38ClN7O2S. The summed E-state index contributed by atoms with van der Waals surface area (Å²) in [5.74, 6) is 0.717. The van der Waals surface area contributed by atoms with E-state index in [4.69, 9.17) is 26.3 Å². The van der Waals surface area contributed by atoms with Crippen molar-refractivity contribution in [2.75, 3.05) is 56.2 Å². The Bertz CT molecular complexity index is 1840. The van der Waals surface area contributed by atoms with Crippen LogP contribution < -0.4 is 14.5 Å². The fourth-order valence-electron chi connectivity index (χ4n) is 7.15. The van der Waals surface area contributed by atoms with E-state index in [2.05, 4.69) is 58.7 Å². The average Bonchev–Trinajstić information content (AvgIpc) is 3.78. The van der Waals surface area contributed by atoms with Crippen molar-refractivity contribution in [1.82, 2.24) is 19.8 Å². The molecule has 0 N–H and O–H groups in total. The van der Waals surface area contributed by atoms with Crippen LogP contribution >= 0.6 is 22.9 Å². The standard InChI is InChI=1S/C36H38ClN7O2S/c1-24(26-13-19-47-23-26)35(45)44-18-17-43(20-27(44)11-14-38)34-29-12-16-42(32-10-4-7-25-6-3-9-30(37)33(25)32)21-31(29)39-36(40-34)46-22-28-8-5-15-41(28)2/h3-4,6-7,9-10,13,19,23,27-28H,1,5,8,11-12,15-18,20-22H2,2H3/t27-,28-/m0/s1. The first-order chi connectivity index (χ1) is 22.9. The van der Waals surface area contributed by atoms with E-state index in [1.54, 1.807) is 0 Å². The first-order valence-corrected chi connectivity index (χ1v) is 17.5. The van der Waals surface area contributed by atoms with Gasteiger partial charge in [-0.25, -0.2) is 0 Å². The second kappa shape index (κ2) is 13.5. The number of hydrogen-bond acceptors (Lipinski definition) is 9. The number of piperazine rings is 1. The maximum Gasteiger partial charge on any atom is 0.318 e. The van der Waals surface area contributed by atoms with E-state index >= 15 is 0 Å². The number of carbonyl (C=O) groups excluding carboxylic acids is 1. The van der Waals surface area contributed by atoms with Crippen LogP contribution in [-0.4, -0.2) is 84.1 Å². The number of benzene rings is 2. The molecule has 7 rings (SSSR count). The Morgan fingerprint density at radius 3 is 2.72 bits per heavy atom. The summed E-state index contributed by atoms with van der Waals surface area (Å²) in [5.41, 5.74) is 4.40. The minimum absolute atomic E-state index is 0.123. The number of thiophene rings is 1. The summed E-state index contributed by atoms with van der Waals surface area (Å²) in [7, 11) is 2.14. The van der Waals surface area contributed by atoms with Crippen molar-refractivity contribution in [1.29, 1.82) is 5.26 Å². The van der Waals surface area contributed by atoms with Crippen LogP contribution in [0, 0.1) is 11.3 Å². The normalized spacial score (nSPS) is 19.9. The second-order valence-corrected chi connectivity index (χ2v) is 13.8. The molecular weight excluding hydrogens is 630 g/mol. The Labute approximate surface area is 284 Å². The summed E-state index contributed by atoms with van der Waals surface area (Å²) >= 11 is 8.27. The topological polar surface area (TPSA) is 88.8 Å². The van der Waals surface area contributed by atoms with Gasteiger partial charge in [0.25, 0.3) is 5.91 Å². The molecule has 3 aliphatic heterocycles. The molecule has 5 heterocycles. The van der Waals surface area contributed by atoms with E-state index in [1.807, 2.05) is 33.9 Å². The highest BCUT2D eigenvalue weighted by Crippen LogP contribution is 2.37.